The molecular weight excluding hydrogens is 170 g/mol. The topological polar surface area (TPSA) is 3.24 Å². The lowest BCUT2D eigenvalue weighted by Crippen LogP contribution is -2.23. The van der Waals surface area contributed by atoms with E-state index >= 15 is 0 Å². The molecule has 0 aromatic heterocycles. The Morgan fingerprint density at radius 2 is 2.29 bits per heavy atom. The molecule has 1 heteroatoms. The van der Waals surface area contributed by atoms with Crippen LogP contribution in [-0.4, -0.2) is 25.0 Å². The van der Waals surface area contributed by atoms with Gasteiger partial charge >= 0.3 is 0 Å². The molecular formula is C13H23N. The van der Waals surface area contributed by atoms with Crippen molar-refractivity contribution in [3.8, 4) is 0 Å². The Morgan fingerprint density at radius 3 is 3.00 bits per heavy atom. The van der Waals surface area contributed by atoms with Crippen molar-refractivity contribution in [2.24, 2.45) is 5.92 Å². The Labute approximate surface area is 88.5 Å². The Morgan fingerprint density at radius 1 is 1.50 bits per heavy atom. The first-order chi connectivity index (χ1) is 6.72. The normalized spacial score (nSPS) is 24.2. The van der Waals surface area contributed by atoms with Gasteiger partial charge in [0.2, 0.25) is 0 Å². The number of rotatable bonds is 4. The summed E-state index contributed by atoms with van der Waals surface area (Å²) in [4.78, 5) is 2.47. The summed E-state index contributed by atoms with van der Waals surface area (Å²) in [6.45, 7) is 10.3. The molecule has 0 amide bonds. The van der Waals surface area contributed by atoms with Gasteiger partial charge in [0.15, 0.2) is 0 Å². The fourth-order valence-corrected chi connectivity index (χ4v) is 2.17. The summed E-state index contributed by atoms with van der Waals surface area (Å²) in [5.41, 5.74) is 1.19. The Hall–Kier alpha value is -0.560. The standard InChI is InChI=1S/C13H23N/c1-4-12(2)8-9-13-7-5-6-10-14(3)11-13/h4,13H,1-2,5-11H2,3H3. The molecule has 0 aliphatic carbocycles. The predicted octanol–water partition coefficient (Wildman–Crippen LogP) is 3.24. The van der Waals surface area contributed by atoms with E-state index < -0.39 is 0 Å². The zero-order chi connectivity index (χ0) is 10.4. The van der Waals surface area contributed by atoms with Crippen molar-refractivity contribution >= 4 is 0 Å². The molecule has 1 aliphatic heterocycles. The molecule has 1 nitrogen and oxygen atoms in total. The fourth-order valence-electron chi connectivity index (χ4n) is 2.17. The first-order valence-electron chi connectivity index (χ1n) is 5.71. The largest absolute Gasteiger partial charge is 0.306 e. The van der Waals surface area contributed by atoms with Crippen LogP contribution in [0.5, 0.6) is 0 Å². The summed E-state index contributed by atoms with van der Waals surface area (Å²) in [5, 5.41) is 0. The van der Waals surface area contributed by atoms with Crippen molar-refractivity contribution in [3.05, 3.63) is 24.8 Å². The summed E-state index contributed by atoms with van der Waals surface area (Å²) < 4.78 is 0. The van der Waals surface area contributed by atoms with Gasteiger partial charge in [-0.3, -0.25) is 0 Å². The van der Waals surface area contributed by atoms with E-state index in [1.165, 1.54) is 44.3 Å². The molecule has 14 heavy (non-hydrogen) atoms. The summed E-state index contributed by atoms with van der Waals surface area (Å²) >= 11 is 0. The molecule has 0 radical (unpaired) electrons. The lowest BCUT2D eigenvalue weighted by molar-refractivity contribution is 0.290. The lowest BCUT2D eigenvalue weighted by Gasteiger charge is -2.19. The Bertz CT molecular complexity index is 195. The van der Waals surface area contributed by atoms with Gasteiger partial charge in [-0.05, 0) is 45.2 Å². The molecule has 1 aliphatic rings. The highest BCUT2D eigenvalue weighted by Gasteiger charge is 2.14. The number of hydrogen-bond acceptors (Lipinski definition) is 1. The molecule has 0 aromatic rings. The van der Waals surface area contributed by atoms with Gasteiger partial charge in [-0.1, -0.05) is 31.2 Å². The van der Waals surface area contributed by atoms with Crippen LogP contribution < -0.4 is 0 Å². The highest BCUT2D eigenvalue weighted by atomic mass is 15.1. The van der Waals surface area contributed by atoms with E-state index in [-0.39, 0.29) is 0 Å². The summed E-state index contributed by atoms with van der Waals surface area (Å²) in [6, 6.07) is 0. The van der Waals surface area contributed by atoms with Crippen LogP contribution in [0, 0.1) is 5.92 Å². The van der Waals surface area contributed by atoms with E-state index in [0.29, 0.717) is 0 Å². The maximum absolute atomic E-state index is 3.97. The van der Waals surface area contributed by atoms with Crippen LogP contribution in [0.1, 0.15) is 32.1 Å². The highest BCUT2D eigenvalue weighted by Crippen LogP contribution is 2.21. The fraction of sp³-hybridized carbons (Fsp3) is 0.692. The van der Waals surface area contributed by atoms with Gasteiger partial charge in [0.1, 0.15) is 0 Å². The van der Waals surface area contributed by atoms with Crippen molar-refractivity contribution < 1.29 is 0 Å². The second kappa shape index (κ2) is 6.02. The minimum Gasteiger partial charge on any atom is -0.306 e. The van der Waals surface area contributed by atoms with Gasteiger partial charge in [-0.2, -0.15) is 0 Å². The first kappa shape index (κ1) is 11.5. The summed E-state index contributed by atoms with van der Waals surface area (Å²) in [5.74, 6) is 0.874. The van der Waals surface area contributed by atoms with E-state index in [2.05, 4.69) is 25.1 Å². The molecule has 1 saturated heterocycles. The van der Waals surface area contributed by atoms with Crippen molar-refractivity contribution in [3.63, 3.8) is 0 Å². The molecule has 0 saturated carbocycles. The van der Waals surface area contributed by atoms with E-state index in [9.17, 15) is 0 Å². The second-order valence-corrected chi connectivity index (χ2v) is 4.53. The maximum Gasteiger partial charge on any atom is 0.000672 e. The average Bonchev–Trinajstić information content (AvgIpc) is 2.39. The smallest absolute Gasteiger partial charge is 0.000672 e. The minimum atomic E-state index is 0.874. The van der Waals surface area contributed by atoms with Crippen LogP contribution >= 0.6 is 0 Å². The molecule has 80 valence electrons. The minimum absolute atomic E-state index is 0.874. The zero-order valence-electron chi connectivity index (χ0n) is 9.47. The third-order valence-electron chi connectivity index (χ3n) is 3.13. The Balaban J connectivity index is 2.27. The van der Waals surface area contributed by atoms with Gasteiger partial charge in [0.05, 0.1) is 0 Å². The van der Waals surface area contributed by atoms with E-state index in [0.717, 1.165) is 12.3 Å². The molecule has 0 aromatic carbocycles. The highest BCUT2D eigenvalue weighted by molar-refractivity contribution is 5.10. The quantitative estimate of drug-likeness (QED) is 0.620. The van der Waals surface area contributed by atoms with E-state index in [1.807, 2.05) is 6.08 Å². The molecule has 1 rings (SSSR count). The van der Waals surface area contributed by atoms with Crippen LogP contribution in [-0.2, 0) is 0 Å². The van der Waals surface area contributed by atoms with Gasteiger partial charge in [-0.25, -0.2) is 0 Å². The van der Waals surface area contributed by atoms with Crippen LogP contribution in [0.4, 0.5) is 0 Å². The van der Waals surface area contributed by atoms with Crippen LogP contribution in [0.3, 0.4) is 0 Å². The monoisotopic (exact) mass is 193 g/mol. The van der Waals surface area contributed by atoms with Crippen molar-refractivity contribution in [1.82, 2.24) is 4.90 Å². The molecule has 1 atom stereocenters. The third kappa shape index (κ3) is 4.10. The molecule has 1 fully saturated rings. The average molecular weight is 193 g/mol. The predicted molar refractivity (Wildman–Crippen MR) is 63.4 cm³/mol. The van der Waals surface area contributed by atoms with Crippen LogP contribution in [0.25, 0.3) is 0 Å². The van der Waals surface area contributed by atoms with Gasteiger partial charge in [-0.15, -0.1) is 0 Å². The van der Waals surface area contributed by atoms with Crippen LogP contribution in [0.2, 0.25) is 0 Å². The number of hydrogen-bond donors (Lipinski definition) is 0. The lowest BCUT2D eigenvalue weighted by atomic mass is 9.95. The third-order valence-corrected chi connectivity index (χ3v) is 3.13. The van der Waals surface area contributed by atoms with Crippen LogP contribution in [0.15, 0.2) is 24.8 Å². The van der Waals surface area contributed by atoms with Crippen molar-refractivity contribution in [2.45, 2.75) is 32.1 Å². The molecule has 1 unspecified atom stereocenters. The van der Waals surface area contributed by atoms with Gasteiger partial charge < -0.3 is 4.90 Å². The summed E-state index contributed by atoms with van der Waals surface area (Å²) in [7, 11) is 2.24. The van der Waals surface area contributed by atoms with Gasteiger partial charge in [0, 0.05) is 6.54 Å². The first-order valence-corrected chi connectivity index (χ1v) is 5.71. The Kier molecular flexibility index (Phi) is 4.95. The SMILES string of the molecule is C=CC(=C)CCC1CCCCN(C)C1. The van der Waals surface area contributed by atoms with Crippen molar-refractivity contribution in [1.29, 1.82) is 0 Å². The molecule has 1 heterocycles. The number of allylic oxidation sites excluding steroid dienone is 2. The molecule has 0 bridgehead atoms. The second-order valence-electron chi connectivity index (χ2n) is 4.53. The van der Waals surface area contributed by atoms with E-state index in [4.69, 9.17) is 0 Å². The van der Waals surface area contributed by atoms with E-state index in [1.54, 1.807) is 0 Å². The van der Waals surface area contributed by atoms with Crippen molar-refractivity contribution in [2.75, 3.05) is 20.1 Å². The maximum atomic E-state index is 3.97. The summed E-state index contributed by atoms with van der Waals surface area (Å²) in [6.07, 6.45) is 8.47. The number of nitrogens with zero attached hydrogens (tertiary/aromatic N) is 1. The van der Waals surface area contributed by atoms with Gasteiger partial charge in [0.25, 0.3) is 0 Å². The molecule has 0 spiro atoms. The molecule has 0 N–H and O–H groups in total. The zero-order valence-corrected chi connectivity index (χ0v) is 9.47. The number of likely N-dealkylation sites (tertiary alicyclic amines) is 1.